The van der Waals surface area contributed by atoms with Crippen molar-refractivity contribution < 1.29 is 4.74 Å². The fourth-order valence-electron chi connectivity index (χ4n) is 2.04. The molecule has 0 saturated heterocycles. The van der Waals surface area contributed by atoms with Crippen molar-refractivity contribution >= 4 is 0 Å². The van der Waals surface area contributed by atoms with Crippen molar-refractivity contribution in [3.05, 3.63) is 29.8 Å². The molecule has 0 amide bonds. The Bertz CT molecular complexity index is 373. The van der Waals surface area contributed by atoms with Gasteiger partial charge in [0.05, 0.1) is 6.10 Å². The maximum Gasteiger partial charge on any atom is 0.119 e. The molecule has 1 aromatic carbocycles. The summed E-state index contributed by atoms with van der Waals surface area (Å²) in [6, 6.07) is 8.65. The minimum absolute atomic E-state index is 0.223. The number of nitrogens with zero attached hydrogens (tertiary/aromatic N) is 1. The summed E-state index contributed by atoms with van der Waals surface area (Å²) in [5.74, 6) is 1.49. The van der Waals surface area contributed by atoms with Gasteiger partial charge in [0.1, 0.15) is 5.75 Å². The molecular formula is C17H30N2O. The van der Waals surface area contributed by atoms with E-state index in [1.807, 2.05) is 26.0 Å². The van der Waals surface area contributed by atoms with Crippen LogP contribution in [0.5, 0.6) is 5.75 Å². The molecule has 0 aliphatic carbocycles. The first-order valence-corrected chi connectivity index (χ1v) is 7.58. The zero-order valence-electron chi connectivity index (χ0n) is 13.6. The lowest BCUT2D eigenvalue weighted by Gasteiger charge is -2.21. The monoisotopic (exact) mass is 278 g/mol. The van der Waals surface area contributed by atoms with Gasteiger partial charge in [-0.3, -0.25) is 0 Å². The molecule has 0 aliphatic rings. The minimum atomic E-state index is 0.223. The van der Waals surface area contributed by atoms with Crippen LogP contribution < -0.4 is 10.5 Å². The van der Waals surface area contributed by atoms with Crippen LogP contribution in [0.2, 0.25) is 0 Å². The van der Waals surface area contributed by atoms with Gasteiger partial charge in [-0.2, -0.15) is 0 Å². The van der Waals surface area contributed by atoms with Gasteiger partial charge >= 0.3 is 0 Å². The molecule has 0 heterocycles. The molecule has 3 heteroatoms. The first-order chi connectivity index (χ1) is 9.38. The van der Waals surface area contributed by atoms with Crippen LogP contribution in [-0.2, 0) is 6.54 Å². The van der Waals surface area contributed by atoms with Crippen LogP contribution >= 0.6 is 0 Å². The first kappa shape index (κ1) is 17.0. The Morgan fingerprint density at radius 2 is 1.70 bits per heavy atom. The highest BCUT2D eigenvalue weighted by molar-refractivity contribution is 5.27. The molecule has 0 spiro atoms. The van der Waals surface area contributed by atoms with Gasteiger partial charge in [0.25, 0.3) is 0 Å². The SMILES string of the molecule is CC(C)Oc1ccc(CN(C)CCC(N)C(C)C)cc1. The standard InChI is InChI=1S/C17H30N2O/c1-13(2)17(18)10-11-19(5)12-15-6-8-16(9-7-15)20-14(3)4/h6-9,13-14,17H,10-12,18H2,1-5H3. The van der Waals surface area contributed by atoms with Gasteiger partial charge in [0.15, 0.2) is 0 Å². The third kappa shape index (κ3) is 6.40. The Kier molecular flexibility index (Phi) is 7.03. The summed E-state index contributed by atoms with van der Waals surface area (Å²) in [5, 5.41) is 0. The van der Waals surface area contributed by atoms with Crippen LogP contribution in [0.1, 0.15) is 39.7 Å². The predicted octanol–water partition coefficient (Wildman–Crippen LogP) is 3.28. The van der Waals surface area contributed by atoms with Crippen LogP contribution in [0, 0.1) is 5.92 Å². The molecule has 0 bridgehead atoms. The van der Waals surface area contributed by atoms with Crippen molar-refractivity contribution in [3.8, 4) is 5.75 Å². The zero-order chi connectivity index (χ0) is 15.1. The Labute approximate surface area is 124 Å². The second kappa shape index (κ2) is 8.28. The van der Waals surface area contributed by atoms with Gasteiger partial charge in [-0.25, -0.2) is 0 Å². The molecule has 0 aromatic heterocycles. The summed E-state index contributed by atoms with van der Waals surface area (Å²) >= 11 is 0. The van der Waals surface area contributed by atoms with E-state index in [0.717, 1.165) is 25.3 Å². The summed E-state index contributed by atoms with van der Waals surface area (Å²) < 4.78 is 5.65. The third-order valence-electron chi connectivity index (χ3n) is 3.45. The number of ether oxygens (including phenoxy) is 1. The highest BCUT2D eigenvalue weighted by Gasteiger charge is 2.09. The van der Waals surface area contributed by atoms with E-state index in [0.29, 0.717) is 12.0 Å². The van der Waals surface area contributed by atoms with Gasteiger partial charge < -0.3 is 15.4 Å². The van der Waals surface area contributed by atoms with E-state index in [2.05, 4.69) is 37.9 Å². The molecule has 0 fully saturated rings. The summed E-state index contributed by atoms with van der Waals surface area (Å²) in [6.45, 7) is 10.4. The maximum atomic E-state index is 6.08. The quantitative estimate of drug-likeness (QED) is 0.793. The van der Waals surface area contributed by atoms with Crippen molar-refractivity contribution in [1.29, 1.82) is 0 Å². The zero-order valence-corrected chi connectivity index (χ0v) is 13.6. The smallest absolute Gasteiger partial charge is 0.119 e. The number of hydrogen-bond acceptors (Lipinski definition) is 3. The lowest BCUT2D eigenvalue weighted by molar-refractivity contribution is 0.242. The highest BCUT2D eigenvalue weighted by atomic mass is 16.5. The molecule has 114 valence electrons. The van der Waals surface area contributed by atoms with Gasteiger partial charge in [-0.1, -0.05) is 26.0 Å². The topological polar surface area (TPSA) is 38.5 Å². The van der Waals surface area contributed by atoms with Crippen molar-refractivity contribution in [2.75, 3.05) is 13.6 Å². The second-order valence-corrected chi connectivity index (χ2v) is 6.24. The molecule has 1 unspecified atom stereocenters. The molecule has 0 saturated carbocycles. The molecule has 1 rings (SSSR count). The number of hydrogen-bond donors (Lipinski definition) is 1. The minimum Gasteiger partial charge on any atom is -0.491 e. The van der Waals surface area contributed by atoms with E-state index >= 15 is 0 Å². The van der Waals surface area contributed by atoms with E-state index in [9.17, 15) is 0 Å². The molecule has 0 radical (unpaired) electrons. The summed E-state index contributed by atoms with van der Waals surface area (Å²) in [7, 11) is 2.14. The fraction of sp³-hybridized carbons (Fsp3) is 0.647. The number of benzene rings is 1. The number of rotatable bonds is 8. The van der Waals surface area contributed by atoms with E-state index in [-0.39, 0.29) is 6.10 Å². The maximum absolute atomic E-state index is 6.08. The van der Waals surface area contributed by atoms with E-state index < -0.39 is 0 Å². The summed E-state index contributed by atoms with van der Waals surface area (Å²) in [5.41, 5.74) is 7.39. The molecule has 0 aliphatic heterocycles. The lowest BCUT2D eigenvalue weighted by atomic mass is 10.0. The van der Waals surface area contributed by atoms with Gasteiger partial charge in [0.2, 0.25) is 0 Å². The van der Waals surface area contributed by atoms with E-state index in [4.69, 9.17) is 10.5 Å². The van der Waals surface area contributed by atoms with Crippen LogP contribution in [-0.4, -0.2) is 30.6 Å². The summed E-state index contributed by atoms with van der Waals surface area (Å²) in [6.07, 6.45) is 1.27. The lowest BCUT2D eigenvalue weighted by Crippen LogP contribution is -2.31. The Morgan fingerprint density at radius 1 is 1.10 bits per heavy atom. The average Bonchev–Trinajstić information content (AvgIpc) is 2.37. The average molecular weight is 278 g/mol. The molecule has 1 aromatic rings. The van der Waals surface area contributed by atoms with E-state index in [1.54, 1.807) is 0 Å². The van der Waals surface area contributed by atoms with Crippen molar-refractivity contribution in [2.45, 2.75) is 52.8 Å². The largest absolute Gasteiger partial charge is 0.491 e. The summed E-state index contributed by atoms with van der Waals surface area (Å²) in [4.78, 5) is 2.32. The van der Waals surface area contributed by atoms with Crippen molar-refractivity contribution in [2.24, 2.45) is 11.7 Å². The fourth-order valence-corrected chi connectivity index (χ4v) is 2.04. The van der Waals surface area contributed by atoms with Crippen molar-refractivity contribution in [3.63, 3.8) is 0 Å². The van der Waals surface area contributed by atoms with Crippen molar-refractivity contribution in [1.82, 2.24) is 4.90 Å². The number of nitrogens with two attached hydrogens (primary N) is 1. The van der Waals surface area contributed by atoms with Crippen LogP contribution in [0.25, 0.3) is 0 Å². The first-order valence-electron chi connectivity index (χ1n) is 7.58. The predicted molar refractivity (Wildman–Crippen MR) is 86.0 cm³/mol. The Balaban J connectivity index is 2.40. The van der Waals surface area contributed by atoms with Crippen LogP contribution in [0.3, 0.4) is 0 Å². The highest BCUT2D eigenvalue weighted by Crippen LogP contribution is 2.15. The van der Waals surface area contributed by atoms with Gasteiger partial charge in [0, 0.05) is 12.6 Å². The molecule has 20 heavy (non-hydrogen) atoms. The Hall–Kier alpha value is -1.06. The second-order valence-electron chi connectivity index (χ2n) is 6.24. The van der Waals surface area contributed by atoms with Crippen LogP contribution in [0.4, 0.5) is 0 Å². The van der Waals surface area contributed by atoms with Gasteiger partial charge in [-0.15, -0.1) is 0 Å². The normalized spacial score (nSPS) is 13.2. The molecule has 2 N–H and O–H groups in total. The molecular weight excluding hydrogens is 248 g/mol. The van der Waals surface area contributed by atoms with E-state index in [1.165, 1.54) is 5.56 Å². The van der Waals surface area contributed by atoms with Crippen LogP contribution in [0.15, 0.2) is 24.3 Å². The third-order valence-corrected chi connectivity index (χ3v) is 3.45. The molecule has 1 atom stereocenters. The molecule has 3 nitrogen and oxygen atoms in total. The Morgan fingerprint density at radius 3 is 2.20 bits per heavy atom. The van der Waals surface area contributed by atoms with Gasteiger partial charge in [-0.05, 0) is 57.5 Å².